The average molecular weight is 272 g/mol. The molecule has 0 aliphatic carbocycles. The summed E-state index contributed by atoms with van der Waals surface area (Å²) in [5.74, 6) is -0.649. The third-order valence-corrected chi connectivity index (χ3v) is 3.85. The summed E-state index contributed by atoms with van der Waals surface area (Å²) in [5, 5.41) is 17.0. The molecule has 2 rings (SSSR count). The molecule has 1 atom stereocenters. The Balaban J connectivity index is 2.25. The van der Waals surface area contributed by atoms with Crippen LogP contribution in [0.2, 0.25) is 0 Å². The summed E-state index contributed by atoms with van der Waals surface area (Å²) >= 11 is 1.12. The molecule has 7 nitrogen and oxygen atoms in total. The van der Waals surface area contributed by atoms with Crippen molar-refractivity contribution in [2.75, 3.05) is 24.7 Å². The summed E-state index contributed by atoms with van der Waals surface area (Å²) in [6.45, 7) is 3.31. The van der Waals surface area contributed by atoms with Crippen LogP contribution in [0, 0.1) is 0 Å². The highest BCUT2D eigenvalue weighted by Crippen LogP contribution is 2.33. The van der Waals surface area contributed by atoms with Gasteiger partial charge in [0, 0.05) is 6.61 Å². The third-order valence-electron chi connectivity index (χ3n) is 2.94. The summed E-state index contributed by atoms with van der Waals surface area (Å²) in [7, 11) is 0. The molecule has 1 aliphatic heterocycles. The Hall–Kier alpha value is -1.28. The number of rotatable bonds is 4. The van der Waals surface area contributed by atoms with Gasteiger partial charge < -0.3 is 15.6 Å². The highest BCUT2D eigenvalue weighted by molar-refractivity contribution is 7.99. The quantitative estimate of drug-likeness (QED) is 0.772. The van der Waals surface area contributed by atoms with Gasteiger partial charge in [0.05, 0.1) is 17.9 Å². The molecule has 2 heterocycles. The van der Waals surface area contributed by atoms with Gasteiger partial charge in [0.2, 0.25) is 5.95 Å². The molecule has 1 aromatic rings. The second kappa shape index (κ2) is 5.15. The molecule has 1 aromatic heterocycles. The van der Waals surface area contributed by atoms with Crippen molar-refractivity contribution in [2.45, 2.75) is 30.5 Å². The van der Waals surface area contributed by atoms with E-state index in [1.807, 2.05) is 6.92 Å². The van der Waals surface area contributed by atoms with E-state index in [4.69, 9.17) is 15.6 Å². The maximum Gasteiger partial charge on any atom is 0.313 e. The van der Waals surface area contributed by atoms with Crippen LogP contribution in [0.15, 0.2) is 5.16 Å². The molecule has 0 bridgehead atoms. The van der Waals surface area contributed by atoms with Gasteiger partial charge in [-0.3, -0.25) is 9.36 Å². The van der Waals surface area contributed by atoms with Crippen molar-refractivity contribution in [3.8, 4) is 0 Å². The van der Waals surface area contributed by atoms with E-state index in [-0.39, 0.29) is 11.3 Å². The number of carbonyl (C=O) groups is 1. The van der Waals surface area contributed by atoms with Gasteiger partial charge in [-0.1, -0.05) is 11.8 Å². The van der Waals surface area contributed by atoms with Gasteiger partial charge in [-0.2, -0.15) is 0 Å². The molecule has 3 N–H and O–H groups in total. The topological polar surface area (TPSA) is 103 Å². The van der Waals surface area contributed by atoms with E-state index in [1.165, 1.54) is 0 Å². The van der Waals surface area contributed by atoms with Crippen molar-refractivity contribution in [1.82, 2.24) is 14.8 Å². The number of carboxylic acids is 1. The lowest BCUT2D eigenvalue weighted by atomic mass is 9.95. The Kier molecular flexibility index (Phi) is 3.76. The van der Waals surface area contributed by atoms with E-state index in [9.17, 15) is 4.79 Å². The fourth-order valence-electron chi connectivity index (χ4n) is 2.10. The Bertz CT molecular complexity index is 442. The highest BCUT2D eigenvalue weighted by Gasteiger charge is 2.34. The molecule has 1 aliphatic rings. The molecule has 0 spiro atoms. The van der Waals surface area contributed by atoms with Gasteiger partial charge in [0.25, 0.3) is 0 Å². The van der Waals surface area contributed by atoms with Crippen molar-refractivity contribution < 1.29 is 14.6 Å². The smallest absolute Gasteiger partial charge is 0.313 e. The van der Waals surface area contributed by atoms with E-state index < -0.39 is 5.97 Å². The first-order valence-corrected chi connectivity index (χ1v) is 6.65. The monoisotopic (exact) mass is 272 g/mol. The van der Waals surface area contributed by atoms with Gasteiger partial charge in [-0.15, -0.1) is 10.2 Å². The molecule has 8 heteroatoms. The van der Waals surface area contributed by atoms with Crippen LogP contribution in [0.25, 0.3) is 0 Å². The summed E-state index contributed by atoms with van der Waals surface area (Å²) in [6.07, 6.45) is 1.85. The van der Waals surface area contributed by atoms with Crippen LogP contribution < -0.4 is 5.73 Å². The zero-order valence-corrected chi connectivity index (χ0v) is 10.9. The number of nitrogens with zero attached hydrogens (tertiary/aromatic N) is 3. The maximum atomic E-state index is 10.6. The lowest BCUT2D eigenvalue weighted by Gasteiger charge is -2.35. The summed E-state index contributed by atoms with van der Waals surface area (Å²) in [4.78, 5) is 10.6. The standard InChI is InChI=1S/C10H16N4O3S/c1-10(3-2-4-17-6-10)14-8(11)12-13-9(14)18-5-7(15)16/h2-6H2,1H3,(H2,11,12)(H,15,16). The van der Waals surface area contributed by atoms with E-state index in [1.54, 1.807) is 4.57 Å². The minimum atomic E-state index is -0.891. The maximum absolute atomic E-state index is 10.6. The van der Waals surface area contributed by atoms with Crippen LogP contribution in [0.5, 0.6) is 0 Å². The van der Waals surface area contributed by atoms with Crippen LogP contribution in [-0.4, -0.2) is 44.8 Å². The zero-order chi connectivity index (χ0) is 13.2. The number of ether oxygens (including phenoxy) is 1. The molecule has 0 radical (unpaired) electrons. The van der Waals surface area contributed by atoms with E-state index >= 15 is 0 Å². The SMILES string of the molecule is CC1(n2c(N)nnc2SCC(=O)O)CCCOC1. The fraction of sp³-hybridized carbons (Fsp3) is 0.700. The van der Waals surface area contributed by atoms with Crippen molar-refractivity contribution in [3.63, 3.8) is 0 Å². The molecular weight excluding hydrogens is 256 g/mol. The first-order valence-electron chi connectivity index (χ1n) is 5.67. The summed E-state index contributed by atoms with van der Waals surface area (Å²) < 4.78 is 7.28. The molecule has 1 fully saturated rings. The molecule has 0 amide bonds. The second-order valence-electron chi connectivity index (χ2n) is 4.51. The van der Waals surface area contributed by atoms with E-state index in [0.29, 0.717) is 17.7 Å². The minimum Gasteiger partial charge on any atom is -0.481 e. The Morgan fingerprint density at radius 3 is 3.06 bits per heavy atom. The normalized spacial score (nSPS) is 24.1. The summed E-state index contributed by atoms with van der Waals surface area (Å²) in [5.41, 5.74) is 5.54. The zero-order valence-electron chi connectivity index (χ0n) is 10.1. The second-order valence-corrected chi connectivity index (χ2v) is 5.45. The highest BCUT2D eigenvalue weighted by atomic mass is 32.2. The minimum absolute atomic E-state index is 0.0604. The number of nitrogen functional groups attached to an aromatic ring is 1. The van der Waals surface area contributed by atoms with Crippen LogP contribution in [0.1, 0.15) is 19.8 Å². The molecule has 1 unspecified atom stereocenters. The number of nitrogens with two attached hydrogens (primary N) is 1. The molecule has 1 saturated heterocycles. The largest absolute Gasteiger partial charge is 0.481 e. The lowest BCUT2D eigenvalue weighted by molar-refractivity contribution is -0.133. The van der Waals surface area contributed by atoms with Gasteiger partial charge >= 0.3 is 5.97 Å². The number of anilines is 1. The average Bonchev–Trinajstić information content (AvgIpc) is 2.69. The number of hydrogen-bond donors (Lipinski definition) is 2. The number of aliphatic carboxylic acids is 1. The van der Waals surface area contributed by atoms with Gasteiger partial charge in [0.1, 0.15) is 0 Å². The predicted octanol–water partition coefficient (Wildman–Crippen LogP) is 0.563. The first kappa shape index (κ1) is 13.2. The van der Waals surface area contributed by atoms with Crippen LogP contribution in [0.4, 0.5) is 5.95 Å². The first-order chi connectivity index (χ1) is 8.53. The number of hydrogen-bond acceptors (Lipinski definition) is 6. The molecule has 18 heavy (non-hydrogen) atoms. The van der Waals surface area contributed by atoms with Crippen LogP contribution in [0.3, 0.4) is 0 Å². The molecular formula is C10H16N4O3S. The van der Waals surface area contributed by atoms with Gasteiger partial charge in [-0.05, 0) is 19.8 Å². The third kappa shape index (κ3) is 2.59. The van der Waals surface area contributed by atoms with Crippen molar-refractivity contribution in [2.24, 2.45) is 0 Å². The lowest BCUT2D eigenvalue weighted by Crippen LogP contribution is -2.40. The number of aromatic nitrogens is 3. The number of carboxylic acid groups (broad SMARTS) is 1. The van der Waals surface area contributed by atoms with Gasteiger partial charge in [0.15, 0.2) is 5.16 Å². The van der Waals surface area contributed by atoms with Gasteiger partial charge in [-0.25, -0.2) is 0 Å². The fourth-order valence-corrected chi connectivity index (χ4v) is 2.90. The molecule has 100 valence electrons. The summed E-state index contributed by atoms with van der Waals surface area (Å²) in [6, 6.07) is 0. The predicted molar refractivity (Wildman–Crippen MR) is 66.5 cm³/mol. The number of thioether (sulfide) groups is 1. The Morgan fingerprint density at radius 1 is 1.67 bits per heavy atom. The van der Waals surface area contributed by atoms with Crippen molar-refractivity contribution in [1.29, 1.82) is 0 Å². The van der Waals surface area contributed by atoms with Crippen molar-refractivity contribution in [3.05, 3.63) is 0 Å². The molecule has 0 aromatic carbocycles. The van der Waals surface area contributed by atoms with Crippen LogP contribution in [-0.2, 0) is 15.1 Å². The van der Waals surface area contributed by atoms with Crippen LogP contribution >= 0.6 is 11.8 Å². The van der Waals surface area contributed by atoms with Crippen molar-refractivity contribution >= 4 is 23.7 Å². The Morgan fingerprint density at radius 2 is 2.44 bits per heavy atom. The van der Waals surface area contributed by atoms with E-state index in [0.717, 1.165) is 31.2 Å². The van der Waals surface area contributed by atoms with E-state index in [2.05, 4.69) is 10.2 Å². The molecule has 0 saturated carbocycles. The Labute approximate surface area is 109 Å².